The zero-order valence-corrected chi connectivity index (χ0v) is 15.9. The van der Waals surface area contributed by atoms with Gasteiger partial charge in [0.05, 0.1) is 12.0 Å². The minimum absolute atomic E-state index is 0.0803. The SMILES string of the molecule is CC(=O)O[C@@H]1CC[C@]2(C)C(=CC[C@@H]3[C@H]4CC[C@@H](C#N)[C@]4(C)CC[C@H]32)C1. The fraction of sp³-hybridized carbons (Fsp3) is 0.818. The van der Waals surface area contributed by atoms with Gasteiger partial charge in [0, 0.05) is 13.3 Å². The van der Waals surface area contributed by atoms with Crippen molar-refractivity contribution in [2.24, 2.45) is 34.5 Å². The first-order valence-corrected chi connectivity index (χ1v) is 10.1. The van der Waals surface area contributed by atoms with Gasteiger partial charge in [0.2, 0.25) is 0 Å². The van der Waals surface area contributed by atoms with Crippen molar-refractivity contribution in [2.75, 3.05) is 0 Å². The molecule has 0 unspecified atom stereocenters. The molecule has 0 aromatic rings. The Balaban J connectivity index is 1.59. The molecule has 0 heterocycles. The number of carbonyl (C=O) groups excluding carboxylic acids is 1. The molecule has 3 heteroatoms. The largest absolute Gasteiger partial charge is 0.462 e. The third-order valence-corrected chi connectivity index (χ3v) is 8.55. The Morgan fingerprint density at radius 1 is 1.20 bits per heavy atom. The van der Waals surface area contributed by atoms with E-state index in [4.69, 9.17) is 4.74 Å². The summed E-state index contributed by atoms with van der Waals surface area (Å²) in [5.41, 5.74) is 2.07. The first kappa shape index (κ1) is 17.1. The van der Waals surface area contributed by atoms with E-state index in [1.165, 1.54) is 32.6 Å². The van der Waals surface area contributed by atoms with Crippen LogP contribution in [0, 0.1) is 45.8 Å². The van der Waals surface area contributed by atoms with Crippen LogP contribution in [0.1, 0.15) is 72.1 Å². The topological polar surface area (TPSA) is 50.1 Å². The van der Waals surface area contributed by atoms with Gasteiger partial charge in [-0.05, 0) is 73.5 Å². The number of rotatable bonds is 1. The highest BCUT2D eigenvalue weighted by atomic mass is 16.5. The number of carbonyl (C=O) groups is 1. The summed E-state index contributed by atoms with van der Waals surface area (Å²) in [5.74, 6) is 2.33. The van der Waals surface area contributed by atoms with Gasteiger partial charge in [-0.15, -0.1) is 0 Å². The summed E-state index contributed by atoms with van der Waals surface area (Å²) < 4.78 is 5.52. The van der Waals surface area contributed by atoms with E-state index in [2.05, 4.69) is 26.0 Å². The Morgan fingerprint density at radius 3 is 2.72 bits per heavy atom. The van der Waals surface area contributed by atoms with E-state index in [1.807, 2.05) is 0 Å². The van der Waals surface area contributed by atoms with Gasteiger partial charge in [0.25, 0.3) is 0 Å². The van der Waals surface area contributed by atoms with Crippen LogP contribution in [0.3, 0.4) is 0 Å². The Morgan fingerprint density at radius 2 is 2.00 bits per heavy atom. The second-order valence-electron chi connectivity index (χ2n) is 9.54. The van der Waals surface area contributed by atoms with Crippen LogP contribution in [0.25, 0.3) is 0 Å². The highest BCUT2D eigenvalue weighted by Gasteiger charge is 2.58. The van der Waals surface area contributed by atoms with E-state index in [0.717, 1.165) is 43.4 Å². The van der Waals surface area contributed by atoms with Gasteiger partial charge < -0.3 is 4.74 Å². The smallest absolute Gasteiger partial charge is 0.302 e. The minimum atomic E-state index is -0.148. The first-order valence-electron chi connectivity index (χ1n) is 10.1. The fourth-order valence-electron chi connectivity index (χ4n) is 7.18. The van der Waals surface area contributed by atoms with Crippen LogP contribution in [0.4, 0.5) is 0 Å². The van der Waals surface area contributed by atoms with Crippen molar-refractivity contribution in [3.63, 3.8) is 0 Å². The average Bonchev–Trinajstić information content (AvgIpc) is 2.91. The molecule has 3 saturated carbocycles. The standard InChI is InChI=1S/C22H31NO2/c1-14(24)25-17-8-10-21(2)15(12-17)4-6-18-19-7-5-16(13-23)22(19,3)11-9-20(18)21/h4,16-20H,5-12H2,1-3H3/t16-,17+,18+,19+,20+,21+,22-/m0/s1. The highest BCUT2D eigenvalue weighted by Crippen LogP contribution is 2.66. The van der Waals surface area contributed by atoms with Crippen LogP contribution in [0.2, 0.25) is 0 Å². The predicted octanol–water partition coefficient (Wildman–Crippen LogP) is 5.02. The van der Waals surface area contributed by atoms with E-state index in [0.29, 0.717) is 0 Å². The average molecular weight is 341 g/mol. The molecule has 7 atom stereocenters. The summed E-state index contributed by atoms with van der Waals surface area (Å²) in [5, 5.41) is 9.60. The van der Waals surface area contributed by atoms with Gasteiger partial charge in [-0.3, -0.25) is 4.79 Å². The van der Waals surface area contributed by atoms with Crippen molar-refractivity contribution in [2.45, 2.75) is 78.2 Å². The monoisotopic (exact) mass is 341 g/mol. The van der Waals surface area contributed by atoms with E-state index in [1.54, 1.807) is 5.57 Å². The van der Waals surface area contributed by atoms with E-state index >= 15 is 0 Å². The normalized spacial score (nSPS) is 48.4. The number of hydrogen-bond acceptors (Lipinski definition) is 3. The number of hydrogen-bond donors (Lipinski definition) is 0. The second kappa shape index (κ2) is 5.86. The van der Waals surface area contributed by atoms with Crippen LogP contribution in [-0.4, -0.2) is 12.1 Å². The van der Waals surface area contributed by atoms with Crippen LogP contribution >= 0.6 is 0 Å². The number of ether oxygens (including phenoxy) is 1. The van der Waals surface area contributed by atoms with Crippen molar-refractivity contribution < 1.29 is 9.53 Å². The van der Waals surface area contributed by atoms with Crippen molar-refractivity contribution >= 4 is 5.97 Å². The maximum absolute atomic E-state index is 11.3. The lowest BCUT2D eigenvalue weighted by Crippen LogP contribution is -2.50. The molecular weight excluding hydrogens is 310 g/mol. The molecule has 0 bridgehead atoms. The molecule has 0 amide bonds. The van der Waals surface area contributed by atoms with Gasteiger partial charge in [-0.25, -0.2) is 0 Å². The van der Waals surface area contributed by atoms with Gasteiger partial charge in [-0.1, -0.05) is 25.5 Å². The summed E-state index contributed by atoms with van der Waals surface area (Å²) >= 11 is 0. The van der Waals surface area contributed by atoms with Gasteiger partial charge >= 0.3 is 5.97 Å². The quantitative estimate of drug-likeness (QED) is 0.497. The lowest BCUT2D eigenvalue weighted by atomic mass is 9.47. The molecule has 4 rings (SSSR count). The summed E-state index contributed by atoms with van der Waals surface area (Å²) in [6.07, 6.45) is 11.6. The molecule has 0 saturated heterocycles. The van der Waals surface area contributed by atoms with Crippen molar-refractivity contribution in [1.29, 1.82) is 5.26 Å². The maximum Gasteiger partial charge on any atom is 0.302 e. The molecule has 136 valence electrons. The van der Waals surface area contributed by atoms with Crippen LogP contribution in [-0.2, 0) is 9.53 Å². The van der Waals surface area contributed by atoms with E-state index in [9.17, 15) is 10.1 Å². The highest BCUT2D eigenvalue weighted by molar-refractivity contribution is 5.66. The number of allylic oxidation sites excluding steroid dienone is 1. The molecule has 0 aliphatic heterocycles. The first-order chi connectivity index (χ1) is 11.9. The summed E-state index contributed by atoms with van der Waals surface area (Å²) in [7, 11) is 0. The van der Waals surface area contributed by atoms with Crippen LogP contribution in [0.5, 0.6) is 0 Å². The molecule has 4 aliphatic carbocycles. The molecule has 0 aromatic heterocycles. The molecule has 0 N–H and O–H groups in total. The Kier molecular flexibility index (Phi) is 4.02. The second-order valence-corrected chi connectivity index (χ2v) is 9.54. The fourth-order valence-corrected chi connectivity index (χ4v) is 7.18. The lowest BCUT2D eigenvalue weighted by Gasteiger charge is -2.57. The minimum Gasteiger partial charge on any atom is -0.462 e. The molecule has 0 spiro atoms. The molecule has 0 aromatic carbocycles. The zero-order valence-electron chi connectivity index (χ0n) is 15.9. The molecular formula is C22H31NO2. The Labute approximate surface area is 151 Å². The molecule has 0 radical (unpaired) electrons. The van der Waals surface area contributed by atoms with E-state index < -0.39 is 0 Å². The number of fused-ring (bicyclic) bond motifs is 5. The van der Waals surface area contributed by atoms with Gasteiger partial charge in [-0.2, -0.15) is 5.26 Å². The summed E-state index contributed by atoms with van der Waals surface area (Å²) in [6.45, 7) is 6.39. The predicted molar refractivity (Wildman–Crippen MR) is 96.4 cm³/mol. The maximum atomic E-state index is 11.3. The molecule has 25 heavy (non-hydrogen) atoms. The Hall–Kier alpha value is -1.30. The van der Waals surface area contributed by atoms with Crippen molar-refractivity contribution in [3.05, 3.63) is 11.6 Å². The van der Waals surface area contributed by atoms with Crippen molar-refractivity contribution in [3.8, 4) is 6.07 Å². The van der Waals surface area contributed by atoms with Crippen LogP contribution < -0.4 is 0 Å². The number of nitrogens with zero attached hydrogens (tertiary/aromatic N) is 1. The zero-order chi connectivity index (χ0) is 17.8. The summed E-state index contributed by atoms with van der Waals surface area (Å²) in [6, 6.07) is 2.63. The molecule has 4 aliphatic rings. The third-order valence-electron chi connectivity index (χ3n) is 8.55. The molecule has 3 fully saturated rings. The van der Waals surface area contributed by atoms with Gasteiger partial charge in [0.15, 0.2) is 0 Å². The van der Waals surface area contributed by atoms with Gasteiger partial charge in [0.1, 0.15) is 6.10 Å². The summed E-state index contributed by atoms with van der Waals surface area (Å²) in [4.78, 5) is 11.3. The number of esters is 1. The Bertz CT molecular complexity index is 647. The van der Waals surface area contributed by atoms with Crippen LogP contribution in [0.15, 0.2) is 11.6 Å². The lowest BCUT2D eigenvalue weighted by molar-refractivity contribution is -0.148. The van der Waals surface area contributed by atoms with E-state index in [-0.39, 0.29) is 28.8 Å². The van der Waals surface area contributed by atoms with Crippen molar-refractivity contribution in [1.82, 2.24) is 0 Å². The number of nitriles is 1. The third kappa shape index (κ3) is 2.47. The molecule has 3 nitrogen and oxygen atoms in total.